The molecule has 8 heteroatoms. The molecule has 5 rings (SSSR count). The van der Waals surface area contributed by atoms with Gasteiger partial charge in [-0.3, -0.25) is 4.79 Å². The lowest BCUT2D eigenvalue weighted by Gasteiger charge is -2.33. The summed E-state index contributed by atoms with van der Waals surface area (Å²) in [6, 6.07) is 10.5. The maximum absolute atomic E-state index is 13.4. The van der Waals surface area contributed by atoms with Crippen molar-refractivity contribution in [1.82, 2.24) is 14.0 Å². The van der Waals surface area contributed by atoms with Crippen molar-refractivity contribution in [1.29, 1.82) is 0 Å². The second-order valence-corrected chi connectivity index (χ2v) is 7.44. The molecule has 0 spiro atoms. The number of alkyl halides is 3. The largest absolute Gasteiger partial charge is 0.416 e. The molecule has 152 valence electrons. The monoisotopic (exact) mass is 410 g/mol. The summed E-state index contributed by atoms with van der Waals surface area (Å²) in [6.45, 7) is 2.37. The number of fused-ring (bicyclic) bond motifs is 2. The number of aromatic nitrogens is 3. The van der Waals surface area contributed by atoms with Gasteiger partial charge in [-0.05, 0) is 55.0 Å². The number of halogens is 3. The smallest absolute Gasteiger partial charge is 0.338 e. The molecule has 4 heterocycles. The van der Waals surface area contributed by atoms with Crippen LogP contribution in [0.4, 0.5) is 18.9 Å². The van der Waals surface area contributed by atoms with Crippen LogP contribution in [0, 0.1) is 0 Å². The Kier molecular flexibility index (Phi) is 3.99. The Labute approximate surface area is 170 Å². The van der Waals surface area contributed by atoms with E-state index in [9.17, 15) is 18.0 Å². The van der Waals surface area contributed by atoms with Crippen molar-refractivity contribution in [2.45, 2.75) is 19.1 Å². The second-order valence-electron chi connectivity index (χ2n) is 7.44. The SMILES string of the molecule is C[C@H]1CN(c2ccc(C(F)(F)F)cc2)C(=O)c2c(-c3ccn4cncc4c3)ccn21. The molecule has 0 fully saturated rings. The number of pyridine rings is 1. The summed E-state index contributed by atoms with van der Waals surface area (Å²) in [5.74, 6) is -0.235. The number of imidazole rings is 1. The Bertz CT molecular complexity index is 1250. The van der Waals surface area contributed by atoms with Crippen LogP contribution in [0.5, 0.6) is 0 Å². The van der Waals surface area contributed by atoms with E-state index < -0.39 is 11.7 Å². The molecule has 1 aliphatic heterocycles. The topological polar surface area (TPSA) is 42.5 Å². The van der Waals surface area contributed by atoms with Crippen LogP contribution in [0.25, 0.3) is 16.6 Å². The van der Waals surface area contributed by atoms with Gasteiger partial charge in [0.1, 0.15) is 5.69 Å². The zero-order chi connectivity index (χ0) is 21.0. The van der Waals surface area contributed by atoms with Crippen LogP contribution < -0.4 is 4.90 Å². The number of anilines is 1. The molecule has 0 bridgehead atoms. The van der Waals surface area contributed by atoms with E-state index in [2.05, 4.69) is 4.98 Å². The van der Waals surface area contributed by atoms with Crippen molar-refractivity contribution < 1.29 is 18.0 Å². The molecule has 0 radical (unpaired) electrons. The molecule has 30 heavy (non-hydrogen) atoms. The summed E-state index contributed by atoms with van der Waals surface area (Å²) < 4.78 is 42.5. The van der Waals surface area contributed by atoms with Crippen LogP contribution in [0.2, 0.25) is 0 Å². The predicted molar refractivity (Wildman–Crippen MR) is 106 cm³/mol. The van der Waals surface area contributed by atoms with Gasteiger partial charge in [0.15, 0.2) is 0 Å². The van der Waals surface area contributed by atoms with Crippen LogP contribution >= 0.6 is 0 Å². The fraction of sp³-hybridized carbons (Fsp3) is 0.182. The zero-order valence-corrected chi connectivity index (χ0v) is 16.0. The third-order valence-corrected chi connectivity index (χ3v) is 5.52. The first kappa shape index (κ1) is 18.5. The maximum Gasteiger partial charge on any atom is 0.416 e. The third kappa shape index (κ3) is 2.87. The first-order valence-electron chi connectivity index (χ1n) is 9.45. The number of hydrogen-bond acceptors (Lipinski definition) is 2. The lowest BCUT2D eigenvalue weighted by Crippen LogP contribution is -2.42. The van der Waals surface area contributed by atoms with E-state index in [1.54, 1.807) is 17.4 Å². The summed E-state index contributed by atoms with van der Waals surface area (Å²) >= 11 is 0. The normalized spacial score (nSPS) is 16.9. The van der Waals surface area contributed by atoms with Gasteiger partial charge in [0.25, 0.3) is 5.91 Å². The molecule has 1 aromatic carbocycles. The first-order valence-corrected chi connectivity index (χ1v) is 9.45. The Morgan fingerprint density at radius 1 is 1.07 bits per heavy atom. The highest BCUT2D eigenvalue weighted by atomic mass is 19.4. The van der Waals surface area contributed by atoms with E-state index in [-0.39, 0.29) is 11.9 Å². The summed E-state index contributed by atoms with van der Waals surface area (Å²) in [5, 5.41) is 0. The summed E-state index contributed by atoms with van der Waals surface area (Å²) in [6.07, 6.45) is 2.80. The van der Waals surface area contributed by atoms with Crippen LogP contribution in [0.3, 0.4) is 0 Å². The Morgan fingerprint density at radius 2 is 1.83 bits per heavy atom. The van der Waals surface area contributed by atoms with E-state index in [4.69, 9.17) is 0 Å². The Balaban J connectivity index is 1.56. The van der Waals surface area contributed by atoms with Gasteiger partial charge in [-0.1, -0.05) is 0 Å². The highest BCUT2D eigenvalue weighted by Crippen LogP contribution is 2.35. The molecular formula is C22H17F3N4O. The van der Waals surface area contributed by atoms with Gasteiger partial charge in [-0.25, -0.2) is 4.98 Å². The molecule has 1 amide bonds. The molecule has 0 aliphatic carbocycles. The molecule has 3 aromatic heterocycles. The second kappa shape index (κ2) is 6.48. The molecule has 0 saturated carbocycles. The highest BCUT2D eigenvalue weighted by Gasteiger charge is 2.34. The van der Waals surface area contributed by atoms with E-state index >= 15 is 0 Å². The fourth-order valence-electron chi connectivity index (χ4n) is 3.98. The Morgan fingerprint density at radius 3 is 2.57 bits per heavy atom. The zero-order valence-electron chi connectivity index (χ0n) is 16.0. The number of carbonyl (C=O) groups is 1. The van der Waals surface area contributed by atoms with Crippen molar-refractivity contribution >= 4 is 17.1 Å². The van der Waals surface area contributed by atoms with Gasteiger partial charge < -0.3 is 13.9 Å². The fourth-order valence-corrected chi connectivity index (χ4v) is 3.98. The van der Waals surface area contributed by atoms with Crippen LogP contribution in [0.1, 0.15) is 29.0 Å². The van der Waals surface area contributed by atoms with Gasteiger partial charge in [0, 0.05) is 36.2 Å². The molecule has 0 saturated heterocycles. The third-order valence-electron chi connectivity index (χ3n) is 5.52. The molecule has 4 aromatic rings. The van der Waals surface area contributed by atoms with Crippen LogP contribution in [-0.4, -0.2) is 26.4 Å². The number of nitrogens with zero attached hydrogens (tertiary/aromatic N) is 4. The van der Waals surface area contributed by atoms with Crippen molar-refractivity contribution in [3.63, 3.8) is 0 Å². The lowest BCUT2D eigenvalue weighted by atomic mass is 10.0. The van der Waals surface area contributed by atoms with E-state index in [0.29, 0.717) is 17.9 Å². The Hall–Kier alpha value is -3.55. The average Bonchev–Trinajstić information content (AvgIpc) is 3.37. The molecule has 5 nitrogen and oxygen atoms in total. The molecule has 1 aliphatic rings. The average molecular weight is 410 g/mol. The summed E-state index contributed by atoms with van der Waals surface area (Å²) in [4.78, 5) is 19.0. The first-order chi connectivity index (χ1) is 14.3. The number of rotatable bonds is 2. The maximum atomic E-state index is 13.4. The molecule has 0 N–H and O–H groups in total. The summed E-state index contributed by atoms with van der Waals surface area (Å²) in [5.41, 5.74) is 2.81. The van der Waals surface area contributed by atoms with Crippen molar-refractivity contribution in [2.24, 2.45) is 0 Å². The molecule has 0 unspecified atom stereocenters. The van der Waals surface area contributed by atoms with E-state index in [1.165, 1.54) is 12.1 Å². The summed E-state index contributed by atoms with van der Waals surface area (Å²) in [7, 11) is 0. The number of benzene rings is 1. The quantitative estimate of drug-likeness (QED) is 0.465. The van der Waals surface area contributed by atoms with Crippen molar-refractivity contribution in [2.75, 3.05) is 11.4 Å². The number of hydrogen-bond donors (Lipinski definition) is 0. The predicted octanol–water partition coefficient (Wildman–Crippen LogP) is 5.04. The van der Waals surface area contributed by atoms with Crippen LogP contribution in [-0.2, 0) is 6.18 Å². The molecule has 1 atom stereocenters. The van der Waals surface area contributed by atoms with Crippen molar-refractivity contribution in [3.05, 3.63) is 78.6 Å². The van der Waals surface area contributed by atoms with Crippen LogP contribution in [0.15, 0.2) is 67.4 Å². The minimum atomic E-state index is -4.41. The number of amides is 1. The van der Waals surface area contributed by atoms with Gasteiger partial charge in [-0.15, -0.1) is 0 Å². The molecular weight excluding hydrogens is 393 g/mol. The standard InChI is InChI=1S/C22H17F3N4O/c1-14-12-29(17-4-2-16(3-5-17)22(23,24)25)21(30)20-19(7-9-28(14)20)15-6-8-27-13-26-11-18(27)10-15/h2-11,13-14H,12H2,1H3/t14-/m0/s1. The highest BCUT2D eigenvalue weighted by molar-refractivity contribution is 6.10. The van der Waals surface area contributed by atoms with Crippen molar-refractivity contribution in [3.8, 4) is 11.1 Å². The van der Waals surface area contributed by atoms with Gasteiger partial charge in [-0.2, -0.15) is 13.2 Å². The minimum absolute atomic E-state index is 0.0209. The van der Waals surface area contributed by atoms with E-state index in [1.807, 2.05) is 46.5 Å². The van der Waals surface area contributed by atoms with E-state index in [0.717, 1.165) is 28.8 Å². The number of carbonyl (C=O) groups excluding carboxylic acids is 1. The van der Waals surface area contributed by atoms with Gasteiger partial charge in [0.2, 0.25) is 0 Å². The minimum Gasteiger partial charge on any atom is -0.338 e. The van der Waals surface area contributed by atoms with Gasteiger partial charge in [0.05, 0.1) is 23.6 Å². The lowest BCUT2D eigenvalue weighted by molar-refractivity contribution is -0.137. The van der Waals surface area contributed by atoms with Gasteiger partial charge >= 0.3 is 6.18 Å².